The van der Waals surface area contributed by atoms with Gasteiger partial charge in [0.1, 0.15) is 0 Å². The van der Waals surface area contributed by atoms with E-state index in [2.05, 4.69) is 5.32 Å². The second kappa shape index (κ2) is 4.07. The Morgan fingerprint density at radius 1 is 1.62 bits per heavy atom. The highest BCUT2D eigenvalue weighted by Crippen LogP contribution is 2.26. The van der Waals surface area contributed by atoms with Crippen LogP contribution < -0.4 is 11.1 Å². The molecule has 0 spiro atoms. The molecule has 0 aliphatic heterocycles. The van der Waals surface area contributed by atoms with Gasteiger partial charge in [0.25, 0.3) is 0 Å². The van der Waals surface area contributed by atoms with Crippen molar-refractivity contribution in [2.45, 2.75) is 44.2 Å². The summed E-state index contributed by atoms with van der Waals surface area (Å²) in [5, 5.41) is 11.6. The molecule has 4 nitrogen and oxygen atoms in total. The van der Waals surface area contributed by atoms with Gasteiger partial charge in [0.05, 0.1) is 11.6 Å². The molecule has 1 aliphatic carbocycles. The maximum Gasteiger partial charge on any atom is 0.240 e. The average molecular weight is 186 g/mol. The van der Waals surface area contributed by atoms with Crippen molar-refractivity contribution in [2.24, 2.45) is 5.73 Å². The molecule has 0 aromatic carbocycles. The predicted octanol–water partition coefficient (Wildman–Crippen LogP) is -0.245. The third kappa shape index (κ3) is 2.67. The van der Waals surface area contributed by atoms with E-state index >= 15 is 0 Å². The van der Waals surface area contributed by atoms with Gasteiger partial charge in [-0.25, -0.2) is 0 Å². The Morgan fingerprint density at radius 2 is 2.15 bits per heavy atom. The van der Waals surface area contributed by atoms with E-state index in [0.29, 0.717) is 0 Å². The van der Waals surface area contributed by atoms with Gasteiger partial charge in [0.2, 0.25) is 5.91 Å². The van der Waals surface area contributed by atoms with E-state index in [1.165, 1.54) is 0 Å². The Bertz CT molecular complexity index is 186. The lowest BCUT2D eigenvalue weighted by Crippen LogP contribution is -2.53. The molecular formula is C9H18N2O2. The molecule has 76 valence electrons. The average Bonchev–Trinajstić information content (AvgIpc) is 2.49. The smallest absolute Gasteiger partial charge is 0.240 e. The van der Waals surface area contributed by atoms with E-state index in [1.54, 1.807) is 6.92 Å². The molecule has 0 saturated heterocycles. The number of hydrogen-bond acceptors (Lipinski definition) is 3. The van der Waals surface area contributed by atoms with Crippen LogP contribution in [0.2, 0.25) is 0 Å². The van der Waals surface area contributed by atoms with E-state index in [-0.39, 0.29) is 12.5 Å². The van der Waals surface area contributed by atoms with Gasteiger partial charge in [-0.2, -0.15) is 0 Å². The first-order chi connectivity index (χ1) is 6.04. The molecule has 13 heavy (non-hydrogen) atoms. The van der Waals surface area contributed by atoms with Crippen molar-refractivity contribution in [3.05, 3.63) is 0 Å². The van der Waals surface area contributed by atoms with Crippen LogP contribution in [0.1, 0.15) is 32.6 Å². The van der Waals surface area contributed by atoms with Crippen LogP contribution in [0.4, 0.5) is 0 Å². The Morgan fingerprint density at radius 3 is 2.62 bits per heavy atom. The molecule has 1 amide bonds. The summed E-state index contributed by atoms with van der Waals surface area (Å²) in [4.78, 5) is 11.5. The van der Waals surface area contributed by atoms with Crippen molar-refractivity contribution in [3.63, 3.8) is 0 Å². The van der Waals surface area contributed by atoms with Crippen LogP contribution in [-0.4, -0.2) is 29.2 Å². The molecular weight excluding hydrogens is 168 g/mol. The van der Waals surface area contributed by atoms with Gasteiger partial charge < -0.3 is 16.2 Å². The summed E-state index contributed by atoms with van der Waals surface area (Å²) in [6, 6.07) is 0. The minimum atomic E-state index is -0.672. The summed E-state index contributed by atoms with van der Waals surface area (Å²) in [5.74, 6) is -0.120. The van der Waals surface area contributed by atoms with Crippen molar-refractivity contribution in [1.82, 2.24) is 5.32 Å². The van der Waals surface area contributed by atoms with Gasteiger partial charge in [0, 0.05) is 6.54 Å². The summed E-state index contributed by atoms with van der Waals surface area (Å²) < 4.78 is 0. The molecule has 0 heterocycles. The van der Waals surface area contributed by atoms with Crippen LogP contribution >= 0.6 is 0 Å². The number of nitrogens with one attached hydrogen (secondary N) is 1. The Kier molecular flexibility index (Phi) is 3.27. The van der Waals surface area contributed by atoms with Crippen molar-refractivity contribution < 1.29 is 9.90 Å². The Balaban J connectivity index is 2.38. The van der Waals surface area contributed by atoms with Crippen LogP contribution in [0.25, 0.3) is 0 Å². The highest BCUT2D eigenvalue weighted by molar-refractivity contribution is 5.86. The van der Waals surface area contributed by atoms with Gasteiger partial charge >= 0.3 is 0 Å². The highest BCUT2D eigenvalue weighted by Gasteiger charge is 2.36. The minimum Gasteiger partial charge on any atom is -0.392 e. The minimum absolute atomic E-state index is 0.120. The first-order valence-electron chi connectivity index (χ1n) is 4.80. The number of carbonyl (C=O) groups excluding carboxylic acids is 1. The predicted molar refractivity (Wildman–Crippen MR) is 50.1 cm³/mol. The fourth-order valence-corrected chi connectivity index (χ4v) is 1.65. The van der Waals surface area contributed by atoms with E-state index in [0.717, 1.165) is 25.7 Å². The first kappa shape index (κ1) is 10.5. The number of nitrogens with two attached hydrogens (primary N) is 1. The largest absolute Gasteiger partial charge is 0.392 e. The second-order valence-electron chi connectivity index (χ2n) is 3.92. The lowest BCUT2D eigenvalue weighted by atomic mass is 9.98. The van der Waals surface area contributed by atoms with E-state index in [1.807, 2.05) is 0 Å². The number of amides is 1. The monoisotopic (exact) mass is 186 g/mol. The number of aliphatic hydroxyl groups excluding tert-OH is 1. The molecule has 0 bridgehead atoms. The topological polar surface area (TPSA) is 75.3 Å². The quantitative estimate of drug-likeness (QED) is 0.569. The van der Waals surface area contributed by atoms with Crippen LogP contribution in [0, 0.1) is 0 Å². The van der Waals surface area contributed by atoms with E-state index in [4.69, 9.17) is 10.8 Å². The number of carbonyl (C=O) groups is 1. The van der Waals surface area contributed by atoms with E-state index < -0.39 is 11.6 Å². The summed E-state index contributed by atoms with van der Waals surface area (Å²) in [7, 11) is 0. The zero-order valence-electron chi connectivity index (χ0n) is 8.05. The zero-order chi connectivity index (χ0) is 9.90. The third-order valence-corrected chi connectivity index (χ3v) is 2.51. The fraction of sp³-hybridized carbons (Fsp3) is 0.889. The maximum atomic E-state index is 11.5. The van der Waals surface area contributed by atoms with Crippen LogP contribution in [0.15, 0.2) is 0 Å². The van der Waals surface area contributed by atoms with Crippen molar-refractivity contribution in [2.75, 3.05) is 6.54 Å². The van der Waals surface area contributed by atoms with Crippen LogP contribution in [0.3, 0.4) is 0 Å². The summed E-state index contributed by atoms with van der Waals surface area (Å²) in [6.07, 6.45) is 3.07. The van der Waals surface area contributed by atoms with Gasteiger partial charge in [-0.1, -0.05) is 12.8 Å². The Hall–Kier alpha value is -0.610. The zero-order valence-corrected chi connectivity index (χ0v) is 8.05. The molecule has 4 heteroatoms. The summed E-state index contributed by atoms with van der Waals surface area (Å²) in [5.41, 5.74) is 5.22. The lowest BCUT2D eigenvalue weighted by molar-refractivity contribution is -0.126. The molecule has 0 aromatic heterocycles. The lowest BCUT2D eigenvalue weighted by Gasteiger charge is -2.22. The molecule has 0 unspecified atom stereocenters. The SMILES string of the molecule is C[C@H](O)CNC(=O)C1(N)CCCC1. The number of hydrogen-bond donors (Lipinski definition) is 3. The third-order valence-electron chi connectivity index (χ3n) is 2.51. The van der Waals surface area contributed by atoms with Crippen molar-refractivity contribution in [1.29, 1.82) is 0 Å². The molecule has 1 rings (SSSR count). The van der Waals surface area contributed by atoms with Crippen molar-refractivity contribution >= 4 is 5.91 Å². The van der Waals surface area contributed by atoms with Gasteiger partial charge in [0.15, 0.2) is 0 Å². The first-order valence-corrected chi connectivity index (χ1v) is 4.80. The summed E-state index contributed by atoms with van der Waals surface area (Å²) in [6.45, 7) is 1.93. The molecule has 0 aromatic rings. The maximum absolute atomic E-state index is 11.5. The van der Waals surface area contributed by atoms with Crippen LogP contribution in [-0.2, 0) is 4.79 Å². The molecule has 1 fully saturated rings. The number of rotatable bonds is 3. The van der Waals surface area contributed by atoms with Gasteiger partial charge in [-0.05, 0) is 19.8 Å². The van der Waals surface area contributed by atoms with Gasteiger partial charge in [-0.3, -0.25) is 4.79 Å². The highest BCUT2D eigenvalue weighted by atomic mass is 16.3. The normalized spacial score (nSPS) is 22.7. The molecule has 4 N–H and O–H groups in total. The summed E-state index contributed by atoms with van der Waals surface area (Å²) >= 11 is 0. The van der Waals surface area contributed by atoms with E-state index in [9.17, 15) is 4.79 Å². The molecule has 1 atom stereocenters. The second-order valence-corrected chi connectivity index (χ2v) is 3.92. The van der Waals surface area contributed by atoms with Crippen LogP contribution in [0.5, 0.6) is 0 Å². The molecule has 0 radical (unpaired) electrons. The Labute approximate surface area is 78.5 Å². The van der Waals surface area contributed by atoms with Crippen molar-refractivity contribution in [3.8, 4) is 0 Å². The standard InChI is InChI=1S/C9H18N2O2/c1-7(12)6-11-8(13)9(10)4-2-3-5-9/h7,12H,2-6,10H2,1H3,(H,11,13)/t7-/m0/s1. The molecule has 1 saturated carbocycles. The number of aliphatic hydroxyl groups is 1. The molecule has 1 aliphatic rings. The fourth-order valence-electron chi connectivity index (χ4n) is 1.65. The van der Waals surface area contributed by atoms with Gasteiger partial charge in [-0.15, -0.1) is 0 Å².